The van der Waals surface area contributed by atoms with Crippen LogP contribution in [-0.2, 0) is 11.2 Å². The molecule has 1 atom stereocenters. The van der Waals surface area contributed by atoms with Crippen LogP contribution in [0.3, 0.4) is 0 Å². The van der Waals surface area contributed by atoms with Gasteiger partial charge in [0.05, 0.1) is 18.2 Å². The number of hydrogen-bond donors (Lipinski definition) is 1. The predicted octanol–water partition coefficient (Wildman–Crippen LogP) is 4.39. The number of aromatic nitrogens is 1. The zero-order chi connectivity index (χ0) is 20.1. The number of carbonyl (C=O) groups excluding carboxylic acids is 1. The number of hydrogen-bond acceptors (Lipinski definition) is 4. The number of nitrogens with zero attached hydrogens (tertiary/aromatic N) is 1. The molecule has 1 amide bonds. The van der Waals surface area contributed by atoms with Gasteiger partial charge in [0.2, 0.25) is 11.8 Å². The zero-order valence-corrected chi connectivity index (χ0v) is 16.8. The van der Waals surface area contributed by atoms with E-state index in [4.69, 9.17) is 9.15 Å². The molecule has 3 rings (SSSR count). The fourth-order valence-corrected chi connectivity index (χ4v) is 3.05. The Morgan fingerprint density at radius 2 is 1.75 bits per heavy atom. The summed E-state index contributed by atoms with van der Waals surface area (Å²) in [6, 6.07) is 15.6. The minimum absolute atomic E-state index is 0.103. The van der Waals surface area contributed by atoms with E-state index in [1.807, 2.05) is 76.2 Å². The van der Waals surface area contributed by atoms with Crippen molar-refractivity contribution >= 4 is 5.91 Å². The largest absolute Gasteiger partial charge is 0.491 e. The maximum absolute atomic E-state index is 12.4. The number of benzene rings is 2. The van der Waals surface area contributed by atoms with Crippen molar-refractivity contribution in [3.8, 4) is 17.2 Å². The highest BCUT2D eigenvalue weighted by Gasteiger charge is 2.16. The first kappa shape index (κ1) is 19.7. The number of aryl methyl sites for hydroxylation is 3. The lowest BCUT2D eigenvalue weighted by Crippen LogP contribution is -2.37. The first-order chi connectivity index (χ1) is 13.4. The third kappa shape index (κ3) is 4.80. The third-order valence-corrected chi connectivity index (χ3v) is 4.54. The molecule has 0 aliphatic heterocycles. The molecule has 28 heavy (non-hydrogen) atoms. The highest BCUT2D eigenvalue weighted by Crippen LogP contribution is 2.23. The molecule has 1 N–H and O–H groups in total. The minimum Gasteiger partial charge on any atom is -0.491 e. The average molecular weight is 378 g/mol. The summed E-state index contributed by atoms with van der Waals surface area (Å²) in [5.41, 5.74) is 3.72. The van der Waals surface area contributed by atoms with E-state index < -0.39 is 0 Å². The first-order valence-corrected chi connectivity index (χ1v) is 9.44. The van der Waals surface area contributed by atoms with E-state index in [1.165, 1.54) is 0 Å². The summed E-state index contributed by atoms with van der Waals surface area (Å²) in [4.78, 5) is 16.9. The van der Waals surface area contributed by atoms with Gasteiger partial charge in [-0.25, -0.2) is 4.98 Å². The maximum Gasteiger partial charge on any atom is 0.226 e. The lowest BCUT2D eigenvalue weighted by atomic mass is 10.1. The van der Waals surface area contributed by atoms with Crippen LogP contribution in [0.2, 0.25) is 0 Å². The molecule has 0 bridgehead atoms. The lowest BCUT2D eigenvalue weighted by molar-refractivity contribution is -0.121. The average Bonchev–Trinajstić information content (AvgIpc) is 3.02. The Labute approximate surface area is 165 Å². The normalized spacial score (nSPS) is 11.9. The highest BCUT2D eigenvalue weighted by molar-refractivity contribution is 5.78. The van der Waals surface area contributed by atoms with Gasteiger partial charge in [0.25, 0.3) is 0 Å². The summed E-state index contributed by atoms with van der Waals surface area (Å²) < 4.78 is 11.6. The van der Waals surface area contributed by atoms with E-state index in [0.29, 0.717) is 24.0 Å². The number of nitrogens with one attached hydrogen (secondary N) is 1. The minimum atomic E-state index is -0.118. The van der Waals surface area contributed by atoms with Gasteiger partial charge in [-0.15, -0.1) is 0 Å². The Morgan fingerprint density at radius 1 is 1.07 bits per heavy atom. The van der Waals surface area contributed by atoms with Crippen LogP contribution in [0, 0.1) is 20.8 Å². The Hall–Kier alpha value is -3.08. The summed E-state index contributed by atoms with van der Waals surface area (Å²) in [5, 5.41) is 2.97. The fourth-order valence-electron chi connectivity index (χ4n) is 3.05. The summed E-state index contributed by atoms with van der Waals surface area (Å²) in [6.07, 6.45) is 0.176. The van der Waals surface area contributed by atoms with E-state index in [2.05, 4.69) is 10.3 Å². The molecular formula is C23H26N2O3. The molecular weight excluding hydrogens is 352 g/mol. The zero-order valence-electron chi connectivity index (χ0n) is 16.8. The standard InChI is InChI=1S/C23H26N2O3/c1-15-9-8-10-16(2)22(15)27-14-17(3)24-21(26)13-20-18(4)28-23(25-20)19-11-6-5-7-12-19/h5-12,17H,13-14H2,1-4H3,(H,24,26). The second-order valence-corrected chi connectivity index (χ2v) is 7.07. The predicted molar refractivity (Wildman–Crippen MR) is 109 cm³/mol. The van der Waals surface area contributed by atoms with Gasteiger partial charge in [0.1, 0.15) is 18.1 Å². The molecule has 3 aromatic rings. The van der Waals surface area contributed by atoms with Gasteiger partial charge in [-0.05, 0) is 51.0 Å². The van der Waals surface area contributed by atoms with Crippen molar-refractivity contribution in [3.63, 3.8) is 0 Å². The topological polar surface area (TPSA) is 64.4 Å². The fraction of sp³-hybridized carbons (Fsp3) is 0.304. The first-order valence-electron chi connectivity index (χ1n) is 9.44. The molecule has 0 aliphatic carbocycles. The summed E-state index contributed by atoms with van der Waals surface area (Å²) in [5.74, 6) is 1.97. The Kier molecular flexibility index (Phi) is 6.14. The van der Waals surface area contributed by atoms with E-state index >= 15 is 0 Å². The van der Waals surface area contributed by atoms with Crippen LogP contribution in [0.5, 0.6) is 5.75 Å². The molecule has 2 aromatic carbocycles. The van der Waals surface area contributed by atoms with Gasteiger partial charge in [0, 0.05) is 5.56 Å². The van der Waals surface area contributed by atoms with Crippen molar-refractivity contribution in [2.24, 2.45) is 0 Å². The number of amides is 1. The molecule has 1 aromatic heterocycles. The molecule has 0 aliphatic rings. The van der Waals surface area contributed by atoms with E-state index in [-0.39, 0.29) is 18.4 Å². The quantitative estimate of drug-likeness (QED) is 0.662. The third-order valence-electron chi connectivity index (χ3n) is 4.54. The summed E-state index contributed by atoms with van der Waals surface area (Å²) >= 11 is 0. The second-order valence-electron chi connectivity index (χ2n) is 7.07. The van der Waals surface area contributed by atoms with Crippen LogP contribution in [0.4, 0.5) is 0 Å². The molecule has 0 saturated heterocycles. The number of rotatable bonds is 7. The Balaban J connectivity index is 1.56. The smallest absolute Gasteiger partial charge is 0.226 e. The van der Waals surface area contributed by atoms with Gasteiger partial charge in [0.15, 0.2) is 0 Å². The van der Waals surface area contributed by atoms with E-state index in [0.717, 1.165) is 22.4 Å². The molecule has 1 heterocycles. The van der Waals surface area contributed by atoms with Gasteiger partial charge < -0.3 is 14.5 Å². The SMILES string of the molecule is Cc1cccc(C)c1OCC(C)NC(=O)Cc1nc(-c2ccccc2)oc1C. The highest BCUT2D eigenvalue weighted by atomic mass is 16.5. The molecule has 0 spiro atoms. The van der Waals surface area contributed by atoms with Crippen molar-refractivity contribution in [1.29, 1.82) is 0 Å². The molecule has 5 nitrogen and oxygen atoms in total. The monoisotopic (exact) mass is 378 g/mol. The van der Waals surface area contributed by atoms with Crippen LogP contribution in [0.25, 0.3) is 11.5 Å². The molecule has 0 saturated carbocycles. The number of oxazole rings is 1. The number of para-hydroxylation sites is 1. The van der Waals surface area contributed by atoms with E-state index in [1.54, 1.807) is 0 Å². The summed E-state index contributed by atoms with van der Waals surface area (Å²) in [6.45, 7) is 8.20. The van der Waals surface area contributed by atoms with Crippen molar-refractivity contribution < 1.29 is 13.9 Å². The molecule has 0 radical (unpaired) electrons. The second kappa shape index (κ2) is 8.74. The van der Waals surface area contributed by atoms with E-state index in [9.17, 15) is 4.79 Å². The Bertz CT molecular complexity index is 927. The van der Waals surface area contributed by atoms with Gasteiger partial charge >= 0.3 is 0 Å². The van der Waals surface area contributed by atoms with Crippen LogP contribution >= 0.6 is 0 Å². The van der Waals surface area contributed by atoms with Crippen LogP contribution in [-0.4, -0.2) is 23.5 Å². The van der Waals surface area contributed by atoms with Crippen molar-refractivity contribution in [2.75, 3.05) is 6.61 Å². The van der Waals surface area contributed by atoms with Crippen molar-refractivity contribution in [3.05, 3.63) is 71.1 Å². The molecule has 5 heteroatoms. The number of carbonyl (C=O) groups is 1. The summed E-state index contributed by atoms with van der Waals surface area (Å²) in [7, 11) is 0. The molecule has 1 unspecified atom stereocenters. The Morgan fingerprint density at radius 3 is 2.43 bits per heavy atom. The van der Waals surface area contributed by atoms with Gasteiger partial charge in [-0.2, -0.15) is 0 Å². The van der Waals surface area contributed by atoms with Crippen LogP contribution in [0.15, 0.2) is 52.9 Å². The van der Waals surface area contributed by atoms with Gasteiger partial charge in [-0.3, -0.25) is 4.79 Å². The molecule has 0 fully saturated rings. The van der Waals surface area contributed by atoms with Gasteiger partial charge in [-0.1, -0.05) is 36.4 Å². The lowest BCUT2D eigenvalue weighted by Gasteiger charge is -2.17. The van der Waals surface area contributed by atoms with Crippen molar-refractivity contribution in [2.45, 2.75) is 40.2 Å². The van der Waals surface area contributed by atoms with Crippen LogP contribution in [0.1, 0.15) is 29.5 Å². The number of ether oxygens (including phenoxy) is 1. The van der Waals surface area contributed by atoms with Crippen LogP contribution < -0.4 is 10.1 Å². The molecule has 146 valence electrons. The maximum atomic E-state index is 12.4. The van der Waals surface area contributed by atoms with Crippen molar-refractivity contribution in [1.82, 2.24) is 10.3 Å².